The zero-order chi connectivity index (χ0) is 11.5. The van der Waals surface area contributed by atoms with E-state index < -0.39 is 29.0 Å². The second-order valence-electron chi connectivity index (χ2n) is 4.95. The quantitative estimate of drug-likeness (QED) is 0.708. The van der Waals surface area contributed by atoms with E-state index in [0.29, 0.717) is 12.8 Å². The molecular formula is C9H12F3NO2. The molecule has 0 radical (unpaired) electrons. The molecule has 86 valence electrons. The van der Waals surface area contributed by atoms with Crippen molar-refractivity contribution in [2.24, 2.45) is 17.1 Å². The molecule has 2 saturated carbocycles. The highest BCUT2D eigenvalue weighted by Gasteiger charge is 2.69. The average Bonchev–Trinajstić information content (AvgIpc) is 1.90. The number of carboxylic acids is 1. The van der Waals surface area contributed by atoms with Crippen LogP contribution >= 0.6 is 0 Å². The first-order valence-corrected chi connectivity index (χ1v) is 4.76. The minimum Gasteiger partial charge on any atom is -0.481 e. The molecule has 3 N–H and O–H groups in total. The molecule has 0 aromatic carbocycles. The first-order valence-electron chi connectivity index (χ1n) is 4.76. The molecule has 15 heavy (non-hydrogen) atoms. The Labute approximate surface area is 84.4 Å². The number of alkyl halides is 3. The van der Waals surface area contributed by atoms with Gasteiger partial charge in [0.1, 0.15) is 5.54 Å². The third-order valence-corrected chi connectivity index (χ3v) is 3.65. The van der Waals surface area contributed by atoms with Gasteiger partial charge in [-0.2, -0.15) is 13.2 Å². The number of hydrogen-bond donors (Lipinski definition) is 2. The van der Waals surface area contributed by atoms with Crippen LogP contribution in [0.5, 0.6) is 0 Å². The topological polar surface area (TPSA) is 63.3 Å². The average molecular weight is 223 g/mol. The van der Waals surface area contributed by atoms with E-state index >= 15 is 0 Å². The van der Waals surface area contributed by atoms with Gasteiger partial charge in [-0.05, 0) is 31.1 Å². The van der Waals surface area contributed by atoms with Crippen molar-refractivity contribution >= 4 is 5.97 Å². The van der Waals surface area contributed by atoms with Gasteiger partial charge in [-0.25, -0.2) is 0 Å². The van der Waals surface area contributed by atoms with Crippen LogP contribution in [0, 0.1) is 11.3 Å². The van der Waals surface area contributed by atoms with Crippen molar-refractivity contribution in [2.45, 2.75) is 37.4 Å². The standard InChI is InChI=1S/C9H12F3NO2/c10-9(11,12)8(13)3-7(4-8)1-5(2-7)6(14)15/h5H,1-4,13H2,(H,14,15). The van der Waals surface area contributed by atoms with Crippen molar-refractivity contribution in [3.05, 3.63) is 0 Å². The zero-order valence-electron chi connectivity index (χ0n) is 7.97. The van der Waals surface area contributed by atoms with E-state index in [0.717, 1.165) is 0 Å². The van der Waals surface area contributed by atoms with Gasteiger partial charge in [0, 0.05) is 0 Å². The summed E-state index contributed by atoms with van der Waals surface area (Å²) in [4.78, 5) is 10.5. The molecule has 0 heterocycles. The van der Waals surface area contributed by atoms with Crippen LogP contribution in [0.25, 0.3) is 0 Å². The number of carbonyl (C=O) groups is 1. The lowest BCUT2D eigenvalue weighted by Gasteiger charge is -2.61. The maximum Gasteiger partial charge on any atom is 0.406 e. The van der Waals surface area contributed by atoms with Gasteiger partial charge in [0.25, 0.3) is 0 Å². The van der Waals surface area contributed by atoms with Crippen molar-refractivity contribution in [3.63, 3.8) is 0 Å². The molecule has 0 saturated heterocycles. The molecule has 2 aliphatic carbocycles. The molecule has 2 rings (SSSR count). The number of nitrogens with two attached hydrogens (primary N) is 1. The summed E-state index contributed by atoms with van der Waals surface area (Å²) in [6.45, 7) is 0. The van der Waals surface area contributed by atoms with E-state index in [4.69, 9.17) is 10.8 Å². The summed E-state index contributed by atoms with van der Waals surface area (Å²) in [6.07, 6.45) is -3.91. The van der Waals surface area contributed by atoms with E-state index in [2.05, 4.69) is 0 Å². The molecule has 0 amide bonds. The summed E-state index contributed by atoms with van der Waals surface area (Å²) in [5.41, 5.74) is 2.70. The van der Waals surface area contributed by atoms with Crippen LogP contribution in [0.2, 0.25) is 0 Å². The molecular weight excluding hydrogens is 211 g/mol. The van der Waals surface area contributed by atoms with E-state index in [9.17, 15) is 18.0 Å². The second kappa shape index (κ2) is 2.66. The van der Waals surface area contributed by atoms with Crippen LogP contribution in [0.15, 0.2) is 0 Å². The lowest BCUT2D eigenvalue weighted by molar-refractivity contribution is -0.253. The summed E-state index contributed by atoms with van der Waals surface area (Å²) in [5.74, 6) is -1.38. The van der Waals surface area contributed by atoms with Gasteiger partial charge in [-0.15, -0.1) is 0 Å². The summed E-state index contributed by atoms with van der Waals surface area (Å²) in [6, 6.07) is 0. The summed E-state index contributed by atoms with van der Waals surface area (Å²) in [5, 5.41) is 8.62. The lowest BCUT2D eigenvalue weighted by Crippen LogP contribution is -2.69. The highest BCUT2D eigenvalue weighted by atomic mass is 19.4. The summed E-state index contributed by atoms with van der Waals surface area (Å²) in [7, 11) is 0. The van der Waals surface area contributed by atoms with Gasteiger partial charge < -0.3 is 10.8 Å². The van der Waals surface area contributed by atoms with Crippen molar-refractivity contribution in [1.29, 1.82) is 0 Å². The van der Waals surface area contributed by atoms with Crippen LogP contribution in [0.3, 0.4) is 0 Å². The molecule has 0 bridgehead atoms. The molecule has 2 aliphatic rings. The molecule has 0 atom stereocenters. The predicted octanol–water partition coefficient (Wildman–Crippen LogP) is 1.52. The third-order valence-electron chi connectivity index (χ3n) is 3.65. The number of aliphatic carboxylic acids is 1. The maximum atomic E-state index is 12.4. The minimum atomic E-state index is -4.37. The summed E-state index contributed by atoms with van der Waals surface area (Å²) >= 11 is 0. The third kappa shape index (κ3) is 1.42. The SMILES string of the molecule is NC1(C(F)(F)F)CC2(CC(C(=O)O)C2)C1. The molecule has 0 unspecified atom stereocenters. The Bertz CT molecular complexity index is 299. The molecule has 0 aromatic heterocycles. The van der Waals surface area contributed by atoms with E-state index in [1.54, 1.807) is 0 Å². The van der Waals surface area contributed by atoms with Crippen LogP contribution in [0.4, 0.5) is 13.2 Å². The van der Waals surface area contributed by atoms with Crippen molar-refractivity contribution < 1.29 is 23.1 Å². The molecule has 6 heteroatoms. The maximum absolute atomic E-state index is 12.4. The van der Waals surface area contributed by atoms with Crippen molar-refractivity contribution in [1.82, 2.24) is 0 Å². The molecule has 0 aliphatic heterocycles. The van der Waals surface area contributed by atoms with E-state index in [-0.39, 0.29) is 12.8 Å². The predicted molar refractivity (Wildman–Crippen MR) is 45.0 cm³/mol. The van der Waals surface area contributed by atoms with Gasteiger partial charge in [-0.3, -0.25) is 4.79 Å². The van der Waals surface area contributed by atoms with E-state index in [1.807, 2.05) is 0 Å². The molecule has 2 fully saturated rings. The first kappa shape index (κ1) is 10.7. The highest BCUT2D eigenvalue weighted by Crippen LogP contribution is 2.65. The Morgan fingerprint density at radius 2 is 1.80 bits per heavy atom. The van der Waals surface area contributed by atoms with Gasteiger partial charge in [0.2, 0.25) is 0 Å². The van der Waals surface area contributed by atoms with Gasteiger partial charge >= 0.3 is 12.1 Å². The normalized spacial score (nSPS) is 44.7. The Morgan fingerprint density at radius 1 is 1.33 bits per heavy atom. The van der Waals surface area contributed by atoms with Crippen molar-refractivity contribution in [2.75, 3.05) is 0 Å². The number of halogens is 3. The molecule has 1 spiro atoms. The zero-order valence-corrected chi connectivity index (χ0v) is 7.97. The van der Waals surface area contributed by atoms with Gasteiger partial charge in [-0.1, -0.05) is 0 Å². The number of rotatable bonds is 1. The second-order valence-corrected chi connectivity index (χ2v) is 4.95. The van der Waals surface area contributed by atoms with Gasteiger partial charge in [0.05, 0.1) is 5.92 Å². The number of hydrogen-bond acceptors (Lipinski definition) is 2. The van der Waals surface area contributed by atoms with Crippen LogP contribution < -0.4 is 5.73 Å². The lowest BCUT2D eigenvalue weighted by atomic mass is 9.45. The van der Waals surface area contributed by atoms with Gasteiger partial charge in [0.15, 0.2) is 0 Å². The smallest absolute Gasteiger partial charge is 0.406 e. The molecule has 0 aromatic rings. The fourth-order valence-electron chi connectivity index (χ4n) is 2.94. The number of carboxylic acid groups (broad SMARTS) is 1. The van der Waals surface area contributed by atoms with Crippen LogP contribution in [0.1, 0.15) is 25.7 Å². The highest BCUT2D eigenvalue weighted by molar-refractivity contribution is 5.71. The Hall–Kier alpha value is -0.780. The Kier molecular flexibility index (Phi) is 1.91. The van der Waals surface area contributed by atoms with Crippen LogP contribution in [-0.2, 0) is 4.79 Å². The molecule has 3 nitrogen and oxygen atoms in total. The fraction of sp³-hybridized carbons (Fsp3) is 0.889. The monoisotopic (exact) mass is 223 g/mol. The summed E-state index contributed by atoms with van der Waals surface area (Å²) < 4.78 is 37.2. The van der Waals surface area contributed by atoms with Crippen molar-refractivity contribution in [3.8, 4) is 0 Å². The Morgan fingerprint density at radius 3 is 2.13 bits per heavy atom. The minimum absolute atomic E-state index is 0.118. The fourth-order valence-corrected chi connectivity index (χ4v) is 2.94. The Balaban J connectivity index is 1.93. The van der Waals surface area contributed by atoms with Crippen LogP contribution in [-0.4, -0.2) is 22.8 Å². The largest absolute Gasteiger partial charge is 0.481 e. The first-order chi connectivity index (χ1) is 6.68. The van der Waals surface area contributed by atoms with E-state index in [1.165, 1.54) is 0 Å².